The van der Waals surface area contributed by atoms with Gasteiger partial charge in [-0.25, -0.2) is 4.98 Å². The van der Waals surface area contributed by atoms with E-state index in [1.165, 1.54) is 11.1 Å². The van der Waals surface area contributed by atoms with E-state index in [9.17, 15) is 0 Å². The van der Waals surface area contributed by atoms with Gasteiger partial charge in [-0.15, -0.1) is 0 Å². The first-order valence-corrected chi connectivity index (χ1v) is 6.48. The molecule has 2 heterocycles. The quantitative estimate of drug-likeness (QED) is 0.814. The van der Waals surface area contributed by atoms with Crippen molar-refractivity contribution in [3.8, 4) is 0 Å². The fourth-order valence-electron chi connectivity index (χ4n) is 2.55. The first-order valence-electron chi connectivity index (χ1n) is 6.48. The third kappa shape index (κ3) is 1.66. The Morgan fingerprint density at radius 1 is 1.11 bits per heavy atom. The highest BCUT2D eigenvalue weighted by Gasteiger charge is 2.11. The molecule has 0 atom stereocenters. The van der Waals surface area contributed by atoms with Crippen molar-refractivity contribution in [3.05, 3.63) is 66.4 Å². The van der Waals surface area contributed by atoms with Gasteiger partial charge in [0.25, 0.3) is 0 Å². The summed E-state index contributed by atoms with van der Waals surface area (Å²) in [5.74, 6) is 0. The number of aromatic nitrogens is 3. The lowest BCUT2D eigenvalue weighted by atomic mass is 10.1. The molecule has 2 aromatic heterocycles. The predicted octanol–water partition coefficient (Wildman–Crippen LogP) is 3.42. The molecule has 3 nitrogen and oxygen atoms in total. The summed E-state index contributed by atoms with van der Waals surface area (Å²) in [7, 11) is 0. The fourth-order valence-corrected chi connectivity index (χ4v) is 2.55. The average Bonchev–Trinajstić information content (AvgIpc) is 3.18. The zero-order chi connectivity index (χ0) is 12.7. The van der Waals surface area contributed by atoms with E-state index in [1.54, 1.807) is 0 Å². The molecule has 2 aliphatic carbocycles. The summed E-state index contributed by atoms with van der Waals surface area (Å²) in [6.07, 6.45) is 20.7. The van der Waals surface area contributed by atoms with E-state index in [2.05, 4.69) is 57.0 Å². The summed E-state index contributed by atoms with van der Waals surface area (Å²) in [5.41, 5.74) is 5.56. The van der Waals surface area contributed by atoms with Crippen LogP contribution in [-0.4, -0.2) is 14.4 Å². The maximum absolute atomic E-state index is 4.50. The lowest BCUT2D eigenvalue weighted by Crippen LogP contribution is -1.96. The minimum absolute atomic E-state index is 0.895. The smallest absolute Gasteiger partial charge is 0.155 e. The maximum Gasteiger partial charge on any atom is 0.155 e. The average molecular weight is 247 g/mol. The molecule has 0 fully saturated rings. The Hall–Kier alpha value is -2.42. The summed E-state index contributed by atoms with van der Waals surface area (Å²) in [6, 6.07) is 0. The Kier molecular flexibility index (Phi) is 2.24. The molecule has 0 N–H and O–H groups in total. The van der Waals surface area contributed by atoms with Crippen molar-refractivity contribution < 1.29 is 0 Å². The number of imidazole rings is 1. The highest BCUT2D eigenvalue weighted by atomic mass is 15.0. The molecule has 3 heteroatoms. The SMILES string of the molecule is C1=CCC(c2cn3c(C4=CCC=C4)cnc3cn2)=C1. The minimum atomic E-state index is 0.895. The van der Waals surface area contributed by atoms with Gasteiger partial charge < -0.3 is 0 Å². The molecular formula is C16H13N3. The fraction of sp³-hybridized carbons (Fsp3) is 0.125. The Morgan fingerprint density at radius 2 is 2.11 bits per heavy atom. The topological polar surface area (TPSA) is 30.2 Å². The molecule has 92 valence electrons. The van der Waals surface area contributed by atoms with Crippen molar-refractivity contribution in [3.63, 3.8) is 0 Å². The number of nitrogens with zero attached hydrogens (tertiary/aromatic N) is 3. The van der Waals surface area contributed by atoms with Crippen LogP contribution in [0.25, 0.3) is 16.8 Å². The van der Waals surface area contributed by atoms with Gasteiger partial charge in [0.05, 0.1) is 23.8 Å². The molecule has 2 aliphatic rings. The lowest BCUT2D eigenvalue weighted by Gasteiger charge is -2.05. The molecular weight excluding hydrogens is 234 g/mol. The van der Waals surface area contributed by atoms with E-state index in [4.69, 9.17) is 0 Å². The first-order chi connectivity index (χ1) is 9.42. The van der Waals surface area contributed by atoms with E-state index in [0.29, 0.717) is 0 Å². The molecule has 0 saturated heterocycles. The van der Waals surface area contributed by atoms with Crippen LogP contribution in [0.3, 0.4) is 0 Å². The van der Waals surface area contributed by atoms with Gasteiger partial charge >= 0.3 is 0 Å². The molecule has 19 heavy (non-hydrogen) atoms. The van der Waals surface area contributed by atoms with Crippen LogP contribution in [0.2, 0.25) is 0 Å². The van der Waals surface area contributed by atoms with Gasteiger partial charge in [-0.1, -0.05) is 36.5 Å². The van der Waals surface area contributed by atoms with Gasteiger partial charge in [0.2, 0.25) is 0 Å². The highest BCUT2D eigenvalue weighted by molar-refractivity contribution is 5.76. The van der Waals surface area contributed by atoms with Gasteiger partial charge in [0.15, 0.2) is 5.65 Å². The van der Waals surface area contributed by atoms with Crippen LogP contribution in [0.15, 0.2) is 55.0 Å². The third-order valence-corrected chi connectivity index (χ3v) is 3.56. The van der Waals surface area contributed by atoms with Crippen LogP contribution in [0, 0.1) is 0 Å². The minimum Gasteiger partial charge on any atom is -0.296 e. The molecule has 2 aromatic rings. The molecule has 0 amide bonds. The first kappa shape index (κ1) is 10.5. The standard InChI is InChI=1S/C16H13N3/c1-2-6-12(5-1)14-11-19-15(13-7-3-4-8-13)9-18-16(19)10-17-14/h1-3,5,7-11H,4,6H2. The number of allylic oxidation sites excluding steroid dienone is 8. The van der Waals surface area contributed by atoms with Crippen LogP contribution >= 0.6 is 0 Å². The normalized spacial score (nSPS) is 17.3. The van der Waals surface area contributed by atoms with Gasteiger partial charge in [-0.3, -0.25) is 9.38 Å². The lowest BCUT2D eigenvalue weighted by molar-refractivity contribution is 1.08. The van der Waals surface area contributed by atoms with Crippen molar-refractivity contribution in [2.75, 3.05) is 0 Å². The van der Waals surface area contributed by atoms with E-state index >= 15 is 0 Å². The van der Waals surface area contributed by atoms with Crippen molar-refractivity contribution in [2.24, 2.45) is 0 Å². The van der Waals surface area contributed by atoms with Gasteiger partial charge in [-0.05, 0) is 24.0 Å². The molecule has 0 aromatic carbocycles. The van der Waals surface area contributed by atoms with Crippen LogP contribution in [0.1, 0.15) is 24.2 Å². The van der Waals surface area contributed by atoms with E-state index in [0.717, 1.165) is 29.9 Å². The summed E-state index contributed by atoms with van der Waals surface area (Å²) in [6.45, 7) is 0. The van der Waals surface area contributed by atoms with Gasteiger partial charge in [-0.2, -0.15) is 0 Å². The molecule has 0 unspecified atom stereocenters. The molecule has 0 bridgehead atoms. The monoisotopic (exact) mass is 247 g/mol. The number of hydrogen-bond acceptors (Lipinski definition) is 2. The third-order valence-electron chi connectivity index (χ3n) is 3.56. The van der Waals surface area contributed by atoms with Crippen molar-refractivity contribution in [2.45, 2.75) is 12.8 Å². The second-order valence-electron chi connectivity index (χ2n) is 4.77. The van der Waals surface area contributed by atoms with Crippen LogP contribution in [0.5, 0.6) is 0 Å². The largest absolute Gasteiger partial charge is 0.296 e. The van der Waals surface area contributed by atoms with E-state index < -0.39 is 0 Å². The Balaban J connectivity index is 1.87. The summed E-state index contributed by atoms with van der Waals surface area (Å²) < 4.78 is 2.13. The van der Waals surface area contributed by atoms with E-state index in [-0.39, 0.29) is 0 Å². The Bertz CT molecular complexity index is 772. The Labute approximate surface area is 111 Å². The highest BCUT2D eigenvalue weighted by Crippen LogP contribution is 2.25. The van der Waals surface area contributed by atoms with Crippen LogP contribution in [-0.2, 0) is 0 Å². The number of rotatable bonds is 2. The van der Waals surface area contributed by atoms with Crippen molar-refractivity contribution in [1.29, 1.82) is 0 Å². The zero-order valence-corrected chi connectivity index (χ0v) is 10.5. The molecule has 0 spiro atoms. The van der Waals surface area contributed by atoms with E-state index in [1.807, 2.05) is 12.4 Å². The zero-order valence-electron chi connectivity index (χ0n) is 10.5. The maximum atomic E-state index is 4.50. The molecule has 4 rings (SSSR count). The Morgan fingerprint density at radius 3 is 2.89 bits per heavy atom. The van der Waals surface area contributed by atoms with Crippen molar-refractivity contribution >= 4 is 16.8 Å². The molecule has 0 radical (unpaired) electrons. The molecule has 0 saturated carbocycles. The van der Waals surface area contributed by atoms with Gasteiger partial charge in [0.1, 0.15) is 0 Å². The number of hydrogen-bond donors (Lipinski definition) is 0. The summed E-state index contributed by atoms with van der Waals surface area (Å²) in [5, 5.41) is 0. The second-order valence-corrected chi connectivity index (χ2v) is 4.77. The number of fused-ring (bicyclic) bond motifs is 1. The second kappa shape index (κ2) is 4.05. The summed E-state index contributed by atoms with van der Waals surface area (Å²) >= 11 is 0. The van der Waals surface area contributed by atoms with Crippen molar-refractivity contribution in [1.82, 2.24) is 14.4 Å². The summed E-state index contributed by atoms with van der Waals surface area (Å²) in [4.78, 5) is 8.92. The van der Waals surface area contributed by atoms with Crippen LogP contribution < -0.4 is 0 Å². The van der Waals surface area contributed by atoms with Gasteiger partial charge in [0, 0.05) is 6.20 Å². The molecule has 0 aliphatic heterocycles. The predicted molar refractivity (Wildman–Crippen MR) is 76.5 cm³/mol. The van der Waals surface area contributed by atoms with Crippen LogP contribution in [0.4, 0.5) is 0 Å².